The van der Waals surface area contributed by atoms with Crippen LogP contribution < -0.4 is 0 Å². The zero-order valence-electron chi connectivity index (χ0n) is 10.0. The van der Waals surface area contributed by atoms with Crippen molar-refractivity contribution >= 4 is 5.78 Å². The number of rotatable bonds is 5. The Hall–Kier alpha value is -0.410. The van der Waals surface area contributed by atoms with Crippen LogP contribution in [-0.4, -0.2) is 31.7 Å². The molecule has 3 nitrogen and oxygen atoms in total. The molecule has 0 aromatic rings. The van der Waals surface area contributed by atoms with Crippen molar-refractivity contribution in [1.82, 2.24) is 0 Å². The molecule has 0 amide bonds. The molecule has 0 aromatic heterocycles. The van der Waals surface area contributed by atoms with Crippen LogP contribution in [0.25, 0.3) is 0 Å². The number of Topliss-reactive ketones (excluding diaryl/α,β-unsaturated/α-hetero) is 1. The second-order valence-corrected chi connectivity index (χ2v) is 4.44. The minimum atomic E-state index is -0.554. The summed E-state index contributed by atoms with van der Waals surface area (Å²) in [7, 11) is 1.64. The first-order valence-corrected chi connectivity index (χ1v) is 5.81. The van der Waals surface area contributed by atoms with Crippen LogP contribution in [0.5, 0.6) is 0 Å². The molecular formula is C12H22O3. The summed E-state index contributed by atoms with van der Waals surface area (Å²) >= 11 is 0. The van der Waals surface area contributed by atoms with Gasteiger partial charge in [0.25, 0.3) is 0 Å². The van der Waals surface area contributed by atoms with Crippen molar-refractivity contribution < 1.29 is 14.3 Å². The predicted molar refractivity (Wildman–Crippen MR) is 58.9 cm³/mol. The first-order valence-electron chi connectivity index (χ1n) is 5.81. The molecule has 0 bridgehead atoms. The lowest BCUT2D eigenvalue weighted by Gasteiger charge is -2.36. The molecule has 0 spiro atoms. The molecule has 88 valence electrons. The van der Waals surface area contributed by atoms with Crippen LogP contribution in [0.3, 0.4) is 0 Å². The second kappa shape index (κ2) is 5.61. The van der Waals surface area contributed by atoms with E-state index in [2.05, 4.69) is 6.92 Å². The van der Waals surface area contributed by atoms with Crippen LogP contribution in [0.1, 0.15) is 39.5 Å². The van der Waals surface area contributed by atoms with E-state index in [1.165, 1.54) is 0 Å². The average molecular weight is 214 g/mol. The van der Waals surface area contributed by atoms with Crippen molar-refractivity contribution in [2.45, 2.75) is 45.1 Å². The van der Waals surface area contributed by atoms with Gasteiger partial charge in [-0.3, -0.25) is 4.79 Å². The molecule has 0 saturated heterocycles. The highest BCUT2D eigenvalue weighted by atomic mass is 16.5. The molecule has 0 aliphatic heterocycles. The third kappa shape index (κ3) is 3.02. The van der Waals surface area contributed by atoms with E-state index in [-0.39, 0.29) is 12.4 Å². The Morgan fingerprint density at radius 2 is 2.00 bits per heavy atom. The monoisotopic (exact) mass is 214 g/mol. The molecular weight excluding hydrogens is 192 g/mol. The zero-order chi connectivity index (χ0) is 11.3. The van der Waals surface area contributed by atoms with Gasteiger partial charge in [0.05, 0.1) is 0 Å². The molecule has 1 aliphatic carbocycles. The molecule has 1 fully saturated rings. The molecule has 1 saturated carbocycles. The Morgan fingerprint density at radius 1 is 1.40 bits per heavy atom. The maximum absolute atomic E-state index is 12.0. The summed E-state index contributed by atoms with van der Waals surface area (Å²) in [5.74, 6) is 0.826. The molecule has 0 aromatic carbocycles. The van der Waals surface area contributed by atoms with Crippen molar-refractivity contribution in [3.05, 3.63) is 0 Å². The van der Waals surface area contributed by atoms with Gasteiger partial charge in [0, 0.05) is 13.7 Å². The largest absolute Gasteiger partial charge is 0.374 e. The van der Waals surface area contributed by atoms with E-state index in [9.17, 15) is 4.79 Å². The Morgan fingerprint density at radius 3 is 2.47 bits per heavy atom. The van der Waals surface area contributed by atoms with Gasteiger partial charge in [0.15, 0.2) is 5.78 Å². The Labute approximate surface area is 92.1 Å². The summed E-state index contributed by atoms with van der Waals surface area (Å²) in [4.78, 5) is 12.0. The van der Waals surface area contributed by atoms with Crippen LogP contribution in [-0.2, 0) is 14.3 Å². The molecule has 15 heavy (non-hydrogen) atoms. The maximum atomic E-state index is 12.0. The minimum absolute atomic E-state index is 0.110. The summed E-state index contributed by atoms with van der Waals surface area (Å²) in [6.07, 6.45) is 3.84. The van der Waals surface area contributed by atoms with Gasteiger partial charge >= 0.3 is 0 Å². The van der Waals surface area contributed by atoms with Gasteiger partial charge in [-0.05, 0) is 38.5 Å². The molecule has 1 aliphatic rings. The van der Waals surface area contributed by atoms with Crippen LogP contribution in [0, 0.1) is 5.92 Å². The fraction of sp³-hybridized carbons (Fsp3) is 0.917. The van der Waals surface area contributed by atoms with Crippen molar-refractivity contribution in [3.8, 4) is 0 Å². The SMILES string of the molecule is CCOCC(=O)C1(OC)CCC(C)CC1. The normalized spacial score (nSPS) is 31.5. The number of carbonyl (C=O) groups excluding carboxylic acids is 1. The zero-order valence-corrected chi connectivity index (χ0v) is 10.0. The van der Waals surface area contributed by atoms with E-state index < -0.39 is 5.60 Å². The lowest BCUT2D eigenvalue weighted by molar-refractivity contribution is -0.150. The van der Waals surface area contributed by atoms with Crippen molar-refractivity contribution in [3.63, 3.8) is 0 Å². The number of methoxy groups -OCH3 is 1. The molecule has 0 unspecified atom stereocenters. The van der Waals surface area contributed by atoms with Gasteiger partial charge in [-0.25, -0.2) is 0 Å². The fourth-order valence-corrected chi connectivity index (χ4v) is 2.15. The number of ether oxygens (including phenoxy) is 2. The van der Waals surface area contributed by atoms with Crippen molar-refractivity contribution in [2.24, 2.45) is 5.92 Å². The van der Waals surface area contributed by atoms with Gasteiger partial charge in [-0.2, -0.15) is 0 Å². The summed E-state index contributed by atoms with van der Waals surface area (Å²) in [5, 5.41) is 0. The highest BCUT2D eigenvalue weighted by Crippen LogP contribution is 2.35. The highest BCUT2D eigenvalue weighted by Gasteiger charge is 2.40. The van der Waals surface area contributed by atoms with Crippen LogP contribution >= 0.6 is 0 Å². The fourth-order valence-electron chi connectivity index (χ4n) is 2.15. The summed E-state index contributed by atoms with van der Waals surface area (Å²) in [5.41, 5.74) is -0.554. The van der Waals surface area contributed by atoms with Crippen LogP contribution in [0.2, 0.25) is 0 Å². The van der Waals surface area contributed by atoms with E-state index in [1.54, 1.807) is 7.11 Å². The van der Waals surface area contributed by atoms with Crippen LogP contribution in [0.4, 0.5) is 0 Å². The van der Waals surface area contributed by atoms with Gasteiger partial charge in [0.1, 0.15) is 12.2 Å². The van der Waals surface area contributed by atoms with E-state index in [0.29, 0.717) is 12.5 Å². The number of carbonyl (C=O) groups is 1. The molecule has 1 rings (SSSR count). The standard InChI is InChI=1S/C12H22O3/c1-4-15-9-11(13)12(14-3)7-5-10(2)6-8-12/h10H,4-9H2,1-3H3. The Bertz CT molecular complexity index is 205. The summed E-state index contributed by atoms with van der Waals surface area (Å²) < 4.78 is 10.6. The van der Waals surface area contributed by atoms with E-state index >= 15 is 0 Å². The third-order valence-corrected chi connectivity index (χ3v) is 3.42. The number of hydrogen-bond donors (Lipinski definition) is 0. The smallest absolute Gasteiger partial charge is 0.190 e. The predicted octanol–water partition coefficient (Wildman–Crippen LogP) is 2.19. The summed E-state index contributed by atoms with van der Waals surface area (Å²) in [6, 6.07) is 0. The third-order valence-electron chi connectivity index (χ3n) is 3.42. The minimum Gasteiger partial charge on any atom is -0.374 e. The molecule has 0 N–H and O–H groups in total. The van der Waals surface area contributed by atoms with Gasteiger partial charge in [-0.15, -0.1) is 0 Å². The van der Waals surface area contributed by atoms with Gasteiger partial charge in [-0.1, -0.05) is 6.92 Å². The average Bonchev–Trinajstić information content (AvgIpc) is 2.27. The molecule has 3 heteroatoms. The van der Waals surface area contributed by atoms with Crippen molar-refractivity contribution in [2.75, 3.05) is 20.3 Å². The van der Waals surface area contributed by atoms with Gasteiger partial charge < -0.3 is 9.47 Å². The second-order valence-electron chi connectivity index (χ2n) is 4.44. The first-order chi connectivity index (χ1) is 7.14. The lowest BCUT2D eigenvalue weighted by atomic mass is 9.77. The first kappa shape index (κ1) is 12.7. The van der Waals surface area contributed by atoms with Gasteiger partial charge in [0.2, 0.25) is 0 Å². The molecule has 0 heterocycles. The van der Waals surface area contributed by atoms with E-state index in [1.807, 2.05) is 6.92 Å². The van der Waals surface area contributed by atoms with Crippen LogP contribution in [0.15, 0.2) is 0 Å². The summed E-state index contributed by atoms with van der Waals surface area (Å²) in [6.45, 7) is 4.91. The highest BCUT2D eigenvalue weighted by molar-refractivity contribution is 5.88. The van der Waals surface area contributed by atoms with Crippen molar-refractivity contribution in [1.29, 1.82) is 0 Å². The quantitative estimate of drug-likeness (QED) is 0.703. The Kier molecular flexibility index (Phi) is 4.74. The molecule has 0 atom stereocenters. The number of ketones is 1. The Balaban J connectivity index is 2.56. The molecule has 0 radical (unpaired) electrons. The maximum Gasteiger partial charge on any atom is 0.190 e. The van der Waals surface area contributed by atoms with E-state index in [0.717, 1.165) is 25.7 Å². The lowest BCUT2D eigenvalue weighted by Crippen LogP contribution is -2.45. The topological polar surface area (TPSA) is 35.5 Å². The number of hydrogen-bond acceptors (Lipinski definition) is 3. The van der Waals surface area contributed by atoms with E-state index in [4.69, 9.17) is 9.47 Å².